The van der Waals surface area contributed by atoms with Crippen LogP contribution in [0.4, 0.5) is 5.95 Å². The van der Waals surface area contributed by atoms with Crippen molar-refractivity contribution in [3.63, 3.8) is 0 Å². The summed E-state index contributed by atoms with van der Waals surface area (Å²) < 4.78 is 3.81. The summed E-state index contributed by atoms with van der Waals surface area (Å²) in [6.45, 7) is 7.44. The number of aryl methyl sites for hydroxylation is 1. The number of aliphatic hydroxyl groups is 1. The SMILES string of the molecule is CCC(c1cccc(C)c1)n1c2cc(-c3cnc(N4CCN(C(=O)CO)[C@H](C)C4)nc3)ccc2c(=O)n1C. The minimum Gasteiger partial charge on any atom is -0.387 e. The number of fused-ring (bicyclic) bond motifs is 1. The second-order valence-electron chi connectivity index (χ2n) is 10.1. The van der Waals surface area contributed by atoms with Gasteiger partial charge in [-0.15, -0.1) is 0 Å². The number of carbonyl (C=O) groups is 1. The molecule has 0 aliphatic carbocycles. The molecule has 0 saturated carbocycles. The van der Waals surface area contributed by atoms with E-state index in [2.05, 4.69) is 63.7 Å². The van der Waals surface area contributed by atoms with Crippen molar-refractivity contribution in [2.24, 2.45) is 7.05 Å². The number of hydrogen-bond acceptors (Lipinski definition) is 6. The van der Waals surface area contributed by atoms with Crippen molar-refractivity contribution in [3.05, 3.63) is 76.3 Å². The Kier molecular flexibility index (Phi) is 7.03. The van der Waals surface area contributed by atoms with Gasteiger partial charge in [-0.1, -0.05) is 42.8 Å². The molecule has 0 spiro atoms. The van der Waals surface area contributed by atoms with Gasteiger partial charge in [-0.05, 0) is 43.5 Å². The number of aromatic nitrogens is 4. The van der Waals surface area contributed by atoms with Crippen LogP contribution in [0.25, 0.3) is 22.0 Å². The lowest BCUT2D eigenvalue weighted by atomic mass is 10.0. The summed E-state index contributed by atoms with van der Waals surface area (Å²) in [7, 11) is 1.83. The Morgan fingerprint density at radius 3 is 2.53 bits per heavy atom. The van der Waals surface area contributed by atoms with Gasteiger partial charge in [0.15, 0.2) is 0 Å². The highest BCUT2D eigenvalue weighted by atomic mass is 16.3. The zero-order valence-electron chi connectivity index (χ0n) is 22.3. The molecule has 4 aromatic rings. The first-order chi connectivity index (χ1) is 18.3. The average molecular weight is 515 g/mol. The number of rotatable bonds is 6. The molecule has 9 nitrogen and oxygen atoms in total. The van der Waals surface area contributed by atoms with Crippen LogP contribution >= 0.6 is 0 Å². The molecule has 38 heavy (non-hydrogen) atoms. The summed E-state index contributed by atoms with van der Waals surface area (Å²) in [4.78, 5) is 38.0. The van der Waals surface area contributed by atoms with Crippen molar-refractivity contribution in [1.29, 1.82) is 0 Å². The van der Waals surface area contributed by atoms with E-state index in [1.165, 1.54) is 11.1 Å². The van der Waals surface area contributed by atoms with Crippen molar-refractivity contribution in [2.75, 3.05) is 31.1 Å². The van der Waals surface area contributed by atoms with E-state index in [0.29, 0.717) is 31.0 Å². The fraction of sp³-hybridized carbons (Fsp3) is 0.379. The highest BCUT2D eigenvalue weighted by Gasteiger charge is 2.28. The van der Waals surface area contributed by atoms with E-state index in [1.54, 1.807) is 9.58 Å². The third-order valence-corrected chi connectivity index (χ3v) is 7.54. The molecule has 1 fully saturated rings. The average Bonchev–Trinajstić information content (AvgIpc) is 3.18. The minimum absolute atomic E-state index is 0.0165. The summed E-state index contributed by atoms with van der Waals surface area (Å²) in [6.07, 6.45) is 4.46. The van der Waals surface area contributed by atoms with Crippen LogP contribution in [0, 0.1) is 6.92 Å². The zero-order valence-corrected chi connectivity index (χ0v) is 22.3. The van der Waals surface area contributed by atoms with Crippen LogP contribution in [0.5, 0.6) is 0 Å². The van der Waals surface area contributed by atoms with Gasteiger partial charge < -0.3 is 14.9 Å². The molecule has 1 aliphatic heterocycles. The first kappa shape index (κ1) is 25.7. The van der Waals surface area contributed by atoms with Gasteiger partial charge in [0, 0.05) is 50.7 Å². The van der Waals surface area contributed by atoms with Crippen LogP contribution in [-0.2, 0) is 11.8 Å². The van der Waals surface area contributed by atoms with Crippen molar-refractivity contribution in [2.45, 2.75) is 39.3 Å². The quantitative estimate of drug-likeness (QED) is 0.425. The van der Waals surface area contributed by atoms with Gasteiger partial charge in [0.2, 0.25) is 11.9 Å². The van der Waals surface area contributed by atoms with Crippen LogP contribution in [0.2, 0.25) is 0 Å². The number of benzene rings is 2. The van der Waals surface area contributed by atoms with E-state index in [-0.39, 0.29) is 23.6 Å². The van der Waals surface area contributed by atoms with Crippen molar-refractivity contribution >= 4 is 22.8 Å². The largest absolute Gasteiger partial charge is 0.387 e. The van der Waals surface area contributed by atoms with Crippen LogP contribution in [0.3, 0.4) is 0 Å². The molecule has 2 aromatic carbocycles. The third kappa shape index (κ3) is 4.58. The topological polar surface area (TPSA) is 96.5 Å². The summed E-state index contributed by atoms with van der Waals surface area (Å²) in [6, 6.07) is 14.3. The van der Waals surface area contributed by atoms with Crippen LogP contribution in [0.1, 0.15) is 37.4 Å². The molecule has 1 aliphatic rings. The number of aliphatic hydroxyl groups excluding tert-OH is 1. The monoisotopic (exact) mass is 514 g/mol. The number of amides is 1. The summed E-state index contributed by atoms with van der Waals surface area (Å²) in [5, 5.41) is 9.87. The molecule has 3 heterocycles. The van der Waals surface area contributed by atoms with Crippen molar-refractivity contribution < 1.29 is 9.90 Å². The Balaban J connectivity index is 1.46. The van der Waals surface area contributed by atoms with E-state index >= 15 is 0 Å². The molecule has 1 saturated heterocycles. The smallest absolute Gasteiger partial charge is 0.274 e. The zero-order chi connectivity index (χ0) is 27.0. The highest BCUT2D eigenvalue weighted by Crippen LogP contribution is 2.29. The Morgan fingerprint density at radius 2 is 1.87 bits per heavy atom. The standard InChI is InChI=1S/C29H34N6O3/c1-5-25(22-8-6-7-19(2)13-22)35-26-14-21(9-10-24(26)28(38)32(35)4)23-15-30-29(31-16-23)33-11-12-34(20(3)17-33)27(37)18-36/h6-10,13-16,20,25,36H,5,11-12,17-18H2,1-4H3/t20-,25?/m1/s1. The van der Waals surface area contributed by atoms with Crippen LogP contribution in [0.15, 0.2) is 59.7 Å². The predicted octanol–water partition coefficient (Wildman–Crippen LogP) is 3.13. The Bertz CT molecular complexity index is 1520. The Morgan fingerprint density at radius 1 is 1.11 bits per heavy atom. The van der Waals surface area contributed by atoms with Gasteiger partial charge >= 0.3 is 0 Å². The molecule has 1 unspecified atom stereocenters. The maximum absolute atomic E-state index is 13.1. The molecule has 0 radical (unpaired) electrons. The van der Waals surface area contributed by atoms with E-state index in [4.69, 9.17) is 0 Å². The number of anilines is 1. The number of hydrogen-bond donors (Lipinski definition) is 1. The molecule has 198 valence electrons. The van der Waals surface area contributed by atoms with Crippen molar-refractivity contribution in [1.82, 2.24) is 24.2 Å². The number of nitrogens with zero attached hydrogens (tertiary/aromatic N) is 6. The molecule has 1 N–H and O–H groups in total. The molecular weight excluding hydrogens is 480 g/mol. The molecule has 5 rings (SSSR count). The summed E-state index contributed by atoms with van der Waals surface area (Å²) in [5.74, 6) is 0.357. The molecule has 9 heteroatoms. The second kappa shape index (κ2) is 10.4. The normalized spacial score (nSPS) is 16.7. The van der Waals surface area contributed by atoms with Crippen molar-refractivity contribution in [3.8, 4) is 11.1 Å². The second-order valence-corrected chi connectivity index (χ2v) is 10.1. The summed E-state index contributed by atoms with van der Waals surface area (Å²) in [5.41, 5.74) is 5.03. The fourth-order valence-corrected chi connectivity index (χ4v) is 5.55. The fourth-order valence-electron chi connectivity index (χ4n) is 5.55. The van der Waals surface area contributed by atoms with Crippen LogP contribution in [-0.4, -0.2) is 67.5 Å². The molecular formula is C29H34N6O3. The molecule has 0 bridgehead atoms. The lowest BCUT2D eigenvalue weighted by Crippen LogP contribution is -2.55. The molecule has 2 aromatic heterocycles. The van der Waals surface area contributed by atoms with E-state index in [1.807, 2.05) is 38.5 Å². The van der Waals surface area contributed by atoms with Crippen LogP contribution < -0.4 is 10.5 Å². The lowest BCUT2D eigenvalue weighted by Gasteiger charge is -2.39. The lowest BCUT2D eigenvalue weighted by molar-refractivity contribution is -0.136. The third-order valence-electron chi connectivity index (χ3n) is 7.54. The number of piperazine rings is 1. The first-order valence-corrected chi connectivity index (χ1v) is 13.1. The van der Waals surface area contributed by atoms with E-state index < -0.39 is 6.61 Å². The van der Waals surface area contributed by atoms with Gasteiger partial charge in [0.1, 0.15) is 6.61 Å². The summed E-state index contributed by atoms with van der Waals surface area (Å²) >= 11 is 0. The highest BCUT2D eigenvalue weighted by molar-refractivity contribution is 5.84. The molecule has 2 atom stereocenters. The maximum atomic E-state index is 13.1. The minimum atomic E-state index is -0.473. The maximum Gasteiger partial charge on any atom is 0.274 e. The van der Waals surface area contributed by atoms with Gasteiger partial charge in [0.25, 0.3) is 5.56 Å². The molecule has 1 amide bonds. The van der Waals surface area contributed by atoms with Gasteiger partial charge in [-0.25, -0.2) is 9.97 Å². The van der Waals surface area contributed by atoms with E-state index in [0.717, 1.165) is 23.1 Å². The Hall–Kier alpha value is -3.98. The Labute approximate surface area is 221 Å². The van der Waals surface area contributed by atoms with E-state index in [9.17, 15) is 14.7 Å². The van der Waals surface area contributed by atoms with Gasteiger partial charge in [-0.2, -0.15) is 0 Å². The van der Waals surface area contributed by atoms with Gasteiger partial charge in [0.05, 0.1) is 16.9 Å². The predicted molar refractivity (Wildman–Crippen MR) is 148 cm³/mol. The van der Waals surface area contributed by atoms with Gasteiger partial charge in [-0.3, -0.25) is 19.0 Å². The number of carbonyl (C=O) groups excluding carboxylic acids is 1. The first-order valence-electron chi connectivity index (χ1n) is 13.1.